The SMILES string of the molecule is CCCCOc1ccc(Br)nc1N. The molecule has 3 nitrogen and oxygen atoms in total. The predicted molar refractivity (Wildman–Crippen MR) is 56.8 cm³/mol. The molecule has 0 bridgehead atoms. The van der Waals surface area contributed by atoms with Crippen molar-refractivity contribution in [1.82, 2.24) is 4.98 Å². The summed E-state index contributed by atoms with van der Waals surface area (Å²) in [5.41, 5.74) is 5.64. The quantitative estimate of drug-likeness (QED) is 0.655. The van der Waals surface area contributed by atoms with E-state index in [4.69, 9.17) is 10.5 Å². The Morgan fingerprint density at radius 1 is 1.54 bits per heavy atom. The molecule has 0 atom stereocenters. The third kappa shape index (κ3) is 3.22. The Morgan fingerprint density at radius 2 is 2.31 bits per heavy atom. The second-order valence-corrected chi connectivity index (χ2v) is 3.53. The lowest BCUT2D eigenvalue weighted by Gasteiger charge is -2.06. The minimum absolute atomic E-state index is 0.436. The molecule has 0 spiro atoms. The molecule has 1 aromatic heterocycles. The lowest BCUT2D eigenvalue weighted by atomic mass is 10.3. The number of halogens is 1. The van der Waals surface area contributed by atoms with Crippen molar-refractivity contribution in [3.05, 3.63) is 16.7 Å². The number of rotatable bonds is 4. The first kappa shape index (κ1) is 10.3. The van der Waals surface area contributed by atoms with Gasteiger partial charge in [0.15, 0.2) is 11.6 Å². The van der Waals surface area contributed by atoms with E-state index in [1.54, 1.807) is 0 Å². The Hall–Kier alpha value is -0.770. The third-order valence-corrected chi connectivity index (χ3v) is 2.05. The highest BCUT2D eigenvalue weighted by atomic mass is 79.9. The minimum Gasteiger partial charge on any atom is -0.490 e. The molecule has 0 unspecified atom stereocenters. The maximum atomic E-state index is 5.64. The van der Waals surface area contributed by atoms with Crippen molar-refractivity contribution in [2.75, 3.05) is 12.3 Å². The van der Waals surface area contributed by atoms with Crippen molar-refractivity contribution in [2.45, 2.75) is 19.8 Å². The van der Waals surface area contributed by atoms with E-state index in [9.17, 15) is 0 Å². The van der Waals surface area contributed by atoms with Crippen molar-refractivity contribution in [3.8, 4) is 5.75 Å². The molecular formula is C9H13BrN2O. The van der Waals surface area contributed by atoms with Crippen LogP contribution in [-0.2, 0) is 0 Å². The van der Waals surface area contributed by atoms with Gasteiger partial charge in [-0.25, -0.2) is 4.98 Å². The topological polar surface area (TPSA) is 48.1 Å². The van der Waals surface area contributed by atoms with Gasteiger partial charge in [0.05, 0.1) is 6.61 Å². The van der Waals surface area contributed by atoms with Crippen LogP contribution in [0.2, 0.25) is 0 Å². The van der Waals surface area contributed by atoms with Crippen LogP contribution in [0.1, 0.15) is 19.8 Å². The fraction of sp³-hybridized carbons (Fsp3) is 0.444. The van der Waals surface area contributed by atoms with Crippen LogP contribution in [-0.4, -0.2) is 11.6 Å². The first-order valence-corrected chi connectivity index (χ1v) is 5.08. The fourth-order valence-electron chi connectivity index (χ4n) is 0.886. The summed E-state index contributed by atoms with van der Waals surface area (Å²) >= 11 is 3.23. The van der Waals surface area contributed by atoms with E-state index in [1.807, 2.05) is 12.1 Å². The van der Waals surface area contributed by atoms with Gasteiger partial charge in [0.2, 0.25) is 0 Å². The second-order valence-electron chi connectivity index (χ2n) is 2.72. The summed E-state index contributed by atoms with van der Waals surface area (Å²) in [6, 6.07) is 3.64. The number of nitrogens with two attached hydrogens (primary N) is 1. The average molecular weight is 245 g/mol. The number of pyridine rings is 1. The first-order chi connectivity index (χ1) is 6.24. The smallest absolute Gasteiger partial charge is 0.167 e. The molecule has 0 aliphatic rings. The number of unbranched alkanes of at least 4 members (excludes halogenated alkanes) is 1. The predicted octanol–water partition coefficient (Wildman–Crippen LogP) is 2.61. The maximum absolute atomic E-state index is 5.64. The number of nitrogens with zero attached hydrogens (tertiary/aromatic N) is 1. The Bertz CT molecular complexity index is 278. The normalized spacial score (nSPS) is 10.0. The summed E-state index contributed by atoms with van der Waals surface area (Å²) in [7, 11) is 0. The van der Waals surface area contributed by atoms with Gasteiger partial charge in [-0.1, -0.05) is 13.3 Å². The lowest BCUT2D eigenvalue weighted by Crippen LogP contribution is -2.01. The fourth-order valence-corrected chi connectivity index (χ4v) is 1.21. The second kappa shape index (κ2) is 5.07. The Morgan fingerprint density at radius 3 is 2.92 bits per heavy atom. The molecule has 0 fully saturated rings. The summed E-state index contributed by atoms with van der Waals surface area (Å²) in [5.74, 6) is 1.10. The van der Waals surface area contributed by atoms with Crippen LogP contribution in [0.15, 0.2) is 16.7 Å². The Kier molecular flexibility index (Phi) is 4.02. The molecule has 0 saturated heterocycles. The maximum Gasteiger partial charge on any atom is 0.167 e. The van der Waals surface area contributed by atoms with Crippen LogP contribution in [0.5, 0.6) is 5.75 Å². The van der Waals surface area contributed by atoms with Crippen molar-refractivity contribution >= 4 is 21.7 Å². The zero-order valence-corrected chi connectivity index (χ0v) is 9.17. The van der Waals surface area contributed by atoms with Gasteiger partial charge in [-0.2, -0.15) is 0 Å². The van der Waals surface area contributed by atoms with E-state index in [1.165, 1.54) is 0 Å². The van der Waals surface area contributed by atoms with Gasteiger partial charge < -0.3 is 10.5 Å². The molecule has 72 valence electrons. The van der Waals surface area contributed by atoms with Crippen LogP contribution >= 0.6 is 15.9 Å². The lowest BCUT2D eigenvalue weighted by molar-refractivity contribution is 0.310. The van der Waals surface area contributed by atoms with E-state index in [2.05, 4.69) is 27.8 Å². The molecule has 4 heteroatoms. The van der Waals surface area contributed by atoms with Crippen LogP contribution in [0.25, 0.3) is 0 Å². The summed E-state index contributed by atoms with van der Waals surface area (Å²) in [6.45, 7) is 2.82. The molecule has 1 aromatic rings. The Balaban J connectivity index is 2.56. The molecule has 1 heterocycles. The number of nitrogen functional groups attached to an aromatic ring is 1. The highest BCUT2D eigenvalue weighted by Crippen LogP contribution is 2.21. The van der Waals surface area contributed by atoms with Crippen molar-refractivity contribution in [2.24, 2.45) is 0 Å². The van der Waals surface area contributed by atoms with Gasteiger partial charge in [-0.05, 0) is 34.5 Å². The number of hydrogen-bond acceptors (Lipinski definition) is 3. The molecule has 0 aromatic carbocycles. The summed E-state index contributed by atoms with van der Waals surface area (Å²) in [5, 5.41) is 0. The summed E-state index contributed by atoms with van der Waals surface area (Å²) in [4.78, 5) is 4.02. The molecule has 1 rings (SSSR count). The minimum atomic E-state index is 0.436. The molecule has 0 aliphatic heterocycles. The molecule has 0 radical (unpaired) electrons. The van der Waals surface area contributed by atoms with E-state index < -0.39 is 0 Å². The van der Waals surface area contributed by atoms with Gasteiger partial charge in [0.25, 0.3) is 0 Å². The zero-order valence-electron chi connectivity index (χ0n) is 7.59. The number of ether oxygens (including phenoxy) is 1. The number of anilines is 1. The Labute approximate surface area is 86.4 Å². The summed E-state index contributed by atoms with van der Waals surface area (Å²) in [6.07, 6.45) is 2.15. The van der Waals surface area contributed by atoms with Crippen molar-refractivity contribution in [1.29, 1.82) is 0 Å². The number of hydrogen-bond donors (Lipinski definition) is 1. The van der Waals surface area contributed by atoms with E-state index in [0.29, 0.717) is 18.2 Å². The van der Waals surface area contributed by atoms with Crippen molar-refractivity contribution < 1.29 is 4.74 Å². The van der Waals surface area contributed by atoms with Gasteiger partial charge in [-0.15, -0.1) is 0 Å². The molecule has 0 saturated carbocycles. The largest absolute Gasteiger partial charge is 0.490 e. The zero-order chi connectivity index (χ0) is 9.68. The highest BCUT2D eigenvalue weighted by molar-refractivity contribution is 9.10. The first-order valence-electron chi connectivity index (χ1n) is 4.29. The molecule has 0 amide bonds. The molecule has 0 aliphatic carbocycles. The summed E-state index contributed by atoms with van der Waals surface area (Å²) < 4.78 is 6.15. The van der Waals surface area contributed by atoms with Gasteiger partial charge in [-0.3, -0.25) is 0 Å². The van der Waals surface area contributed by atoms with Gasteiger partial charge in [0.1, 0.15) is 4.60 Å². The van der Waals surface area contributed by atoms with E-state index >= 15 is 0 Å². The third-order valence-electron chi connectivity index (χ3n) is 1.61. The van der Waals surface area contributed by atoms with Crippen LogP contribution < -0.4 is 10.5 Å². The van der Waals surface area contributed by atoms with E-state index in [-0.39, 0.29) is 0 Å². The monoisotopic (exact) mass is 244 g/mol. The van der Waals surface area contributed by atoms with E-state index in [0.717, 1.165) is 17.4 Å². The van der Waals surface area contributed by atoms with Gasteiger partial charge in [0, 0.05) is 0 Å². The standard InChI is InChI=1S/C9H13BrN2O/c1-2-3-6-13-7-4-5-8(10)12-9(7)11/h4-5H,2-3,6H2,1H3,(H2,11,12). The highest BCUT2D eigenvalue weighted by Gasteiger charge is 2.01. The average Bonchev–Trinajstić information content (AvgIpc) is 2.09. The van der Waals surface area contributed by atoms with Gasteiger partial charge >= 0.3 is 0 Å². The van der Waals surface area contributed by atoms with Crippen LogP contribution in [0.4, 0.5) is 5.82 Å². The molecule has 13 heavy (non-hydrogen) atoms. The van der Waals surface area contributed by atoms with Crippen molar-refractivity contribution in [3.63, 3.8) is 0 Å². The van der Waals surface area contributed by atoms with Crippen LogP contribution in [0, 0.1) is 0 Å². The van der Waals surface area contributed by atoms with Crippen LogP contribution in [0.3, 0.4) is 0 Å². The molecular weight excluding hydrogens is 232 g/mol. The molecule has 2 N–H and O–H groups in total. The number of aromatic nitrogens is 1.